The Morgan fingerprint density at radius 3 is 2.42 bits per heavy atom. The second kappa shape index (κ2) is 16.6. The smallest absolute Gasteiger partial charge is 0.221 e. The monoisotopic (exact) mass is 481 g/mol. The Bertz CT molecular complexity index is 384. The van der Waals surface area contributed by atoms with Crippen molar-refractivity contribution in [3.05, 3.63) is 0 Å². The largest absolute Gasteiger partial charge is 0.357 e. The zero-order valence-corrected chi connectivity index (χ0v) is 19.3. The maximum Gasteiger partial charge on any atom is 0.221 e. The zero-order valence-electron chi connectivity index (χ0n) is 17.0. The van der Waals surface area contributed by atoms with E-state index in [1.165, 1.54) is 38.8 Å². The zero-order chi connectivity index (χ0) is 18.3. The minimum Gasteiger partial charge on any atom is -0.357 e. The summed E-state index contributed by atoms with van der Waals surface area (Å²) >= 11 is 0. The molecule has 3 N–H and O–H groups in total. The van der Waals surface area contributed by atoms with Crippen LogP contribution in [0.4, 0.5) is 0 Å². The van der Waals surface area contributed by atoms with Crippen molar-refractivity contribution < 1.29 is 4.79 Å². The lowest BCUT2D eigenvalue weighted by Crippen LogP contribution is -2.40. The predicted octanol–water partition coefficient (Wildman–Crippen LogP) is 2.73. The van der Waals surface area contributed by atoms with Crippen molar-refractivity contribution in [3.63, 3.8) is 0 Å². The molecule has 154 valence electrons. The molecule has 1 saturated heterocycles. The van der Waals surface area contributed by atoms with Crippen LogP contribution in [0, 0.1) is 0 Å². The van der Waals surface area contributed by atoms with Gasteiger partial charge in [-0.25, -0.2) is 0 Å². The summed E-state index contributed by atoms with van der Waals surface area (Å²) in [4.78, 5) is 19.0. The summed E-state index contributed by atoms with van der Waals surface area (Å²) in [5.74, 6) is 0.911. The molecule has 6 nitrogen and oxygen atoms in total. The van der Waals surface area contributed by atoms with Gasteiger partial charge in [0.15, 0.2) is 5.96 Å². The number of amides is 1. The maximum atomic E-state index is 11.8. The summed E-state index contributed by atoms with van der Waals surface area (Å²) in [6, 6.07) is 0.244. The van der Waals surface area contributed by atoms with E-state index in [-0.39, 0.29) is 35.9 Å². The molecule has 1 unspecified atom stereocenters. The van der Waals surface area contributed by atoms with Crippen LogP contribution >= 0.6 is 24.0 Å². The SMILES string of the molecule is CCNC(=NCCCN1CCCCCC1)NCCC(=O)NC(C)CC.I. The van der Waals surface area contributed by atoms with Crippen LogP contribution in [0.15, 0.2) is 4.99 Å². The van der Waals surface area contributed by atoms with E-state index in [2.05, 4.69) is 39.7 Å². The molecule has 1 fully saturated rings. The Balaban J connectivity index is 0.00000625. The standard InChI is InChI=1S/C19H39N5O.HI/c1-4-17(3)23-18(25)11-13-22-19(20-5-2)21-12-10-16-24-14-8-6-7-9-15-24;/h17H,4-16H2,1-3H3,(H,23,25)(H2,20,21,22);1H. The van der Waals surface area contributed by atoms with Gasteiger partial charge in [-0.2, -0.15) is 0 Å². The minimum atomic E-state index is 0. The van der Waals surface area contributed by atoms with E-state index in [9.17, 15) is 4.79 Å². The number of hydrogen-bond donors (Lipinski definition) is 3. The molecule has 0 radical (unpaired) electrons. The van der Waals surface area contributed by atoms with Gasteiger partial charge in [0.05, 0.1) is 0 Å². The fraction of sp³-hybridized carbons (Fsp3) is 0.895. The molecule has 1 atom stereocenters. The molecule has 1 heterocycles. The van der Waals surface area contributed by atoms with Gasteiger partial charge in [-0.3, -0.25) is 9.79 Å². The average molecular weight is 481 g/mol. The molecule has 0 spiro atoms. The van der Waals surface area contributed by atoms with Crippen LogP contribution < -0.4 is 16.0 Å². The minimum absolute atomic E-state index is 0. The van der Waals surface area contributed by atoms with Crippen LogP contribution in [-0.4, -0.2) is 62.1 Å². The number of nitrogens with zero attached hydrogens (tertiary/aromatic N) is 2. The number of carbonyl (C=O) groups is 1. The first-order valence-corrected chi connectivity index (χ1v) is 10.2. The van der Waals surface area contributed by atoms with Crippen LogP contribution in [0.3, 0.4) is 0 Å². The number of hydrogen-bond acceptors (Lipinski definition) is 3. The highest BCUT2D eigenvalue weighted by molar-refractivity contribution is 14.0. The molecule has 1 aliphatic heterocycles. The molecule has 26 heavy (non-hydrogen) atoms. The number of carbonyl (C=O) groups excluding carboxylic acids is 1. The predicted molar refractivity (Wildman–Crippen MR) is 121 cm³/mol. The quantitative estimate of drug-likeness (QED) is 0.194. The number of guanidine groups is 1. The second-order valence-electron chi connectivity index (χ2n) is 6.92. The molecule has 0 saturated carbocycles. The Labute approximate surface area is 177 Å². The van der Waals surface area contributed by atoms with Crippen LogP contribution in [-0.2, 0) is 4.79 Å². The first kappa shape index (κ1) is 25.4. The van der Waals surface area contributed by atoms with E-state index in [0.29, 0.717) is 13.0 Å². The van der Waals surface area contributed by atoms with Gasteiger partial charge in [0.2, 0.25) is 5.91 Å². The van der Waals surface area contributed by atoms with Gasteiger partial charge in [0.1, 0.15) is 0 Å². The van der Waals surface area contributed by atoms with E-state index in [0.717, 1.165) is 38.4 Å². The van der Waals surface area contributed by atoms with Gasteiger partial charge in [0, 0.05) is 32.1 Å². The maximum absolute atomic E-state index is 11.8. The number of nitrogens with one attached hydrogen (secondary N) is 3. The molecule has 1 rings (SSSR count). The van der Waals surface area contributed by atoms with Crippen LogP contribution in [0.25, 0.3) is 0 Å². The van der Waals surface area contributed by atoms with Crippen molar-refractivity contribution in [2.75, 3.05) is 39.3 Å². The molecule has 0 aliphatic carbocycles. The van der Waals surface area contributed by atoms with Crippen molar-refractivity contribution in [1.29, 1.82) is 0 Å². The Morgan fingerprint density at radius 2 is 1.81 bits per heavy atom. The molecule has 0 aromatic carbocycles. The van der Waals surface area contributed by atoms with Gasteiger partial charge in [-0.1, -0.05) is 19.8 Å². The molecule has 1 aliphatic rings. The third kappa shape index (κ3) is 12.7. The lowest BCUT2D eigenvalue weighted by atomic mass is 10.2. The summed E-state index contributed by atoms with van der Waals surface area (Å²) in [7, 11) is 0. The van der Waals surface area contributed by atoms with Crippen molar-refractivity contribution >= 4 is 35.8 Å². The summed E-state index contributed by atoms with van der Waals surface area (Å²) in [5.41, 5.74) is 0. The number of likely N-dealkylation sites (tertiary alicyclic amines) is 1. The van der Waals surface area contributed by atoms with Gasteiger partial charge < -0.3 is 20.9 Å². The molecule has 1 amide bonds. The van der Waals surface area contributed by atoms with Crippen molar-refractivity contribution in [1.82, 2.24) is 20.9 Å². The fourth-order valence-electron chi connectivity index (χ4n) is 2.93. The van der Waals surface area contributed by atoms with Gasteiger partial charge in [-0.05, 0) is 59.2 Å². The van der Waals surface area contributed by atoms with Crippen LogP contribution in [0.5, 0.6) is 0 Å². The van der Waals surface area contributed by atoms with E-state index in [1.807, 2.05) is 6.92 Å². The Morgan fingerprint density at radius 1 is 1.12 bits per heavy atom. The Hall–Kier alpha value is -0.570. The average Bonchev–Trinajstić information content (AvgIpc) is 2.87. The van der Waals surface area contributed by atoms with Crippen molar-refractivity contribution in [2.24, 2.45) is 4.99 Å². The number of aliphatic imine (C=N–C) groups is 1. The molecule has 0 aromatic heterocycles. The highest BCUT2D eigenvalue weighted by atomic mass is 127. The highest BCUT2D eigenvalue weighted by Gasteiger charge is 2.08. The van der Waals surface area contributed by atoms with Crippen LogP contribution in [0.1, 0.15) is 65.7 Å². The third-order valence-corrected chi connectivity index (χ3v) is 4.61. The van der Waals surface area contributed by atoms with Gasteiger partial charge >= 0.3 is 0 Å². The van der Waals surface area contributed by atoms with Crippen LogP contribution in [0.2, 0.25) is 0 Å². The first-order chi connectivity index (χ1) is 12.2. The topological polar surface area (TPSA) is 68.8 Å². The number of rotatable bonds is 10. The summed E-state index contributed by atoms with van der Waals surface area (Å²) in [5, 5.41) is 9.49. The molecular weight excluding hydrogens is 441 g/mol. The van der Waals surface area contributed by atoms with E-state index in [4.69, 9.17) is 0 Å². The molecule has 0 aromatic rings. The third-order valence-electron chi connectivity index (χ3n) is 4.61. The second-order valence-corrected chi connectivity index (χ2v) is 6.92. The highest BCUT2D eigenvalue weighted by Crippen LogP contribution is 2.09. The number of halogens is 1. The first-order valence-electron chi connectivity index (χ1n) is 10.2. The molecule has 7 heteroatoms. The van der Waals surface area contributed by atoms with Gasteiger partial charge in [-0.15, -0.1) is 24.0 Å². The molecular formula is C19H40IN5O. The van der Waals surface area contributed by atoms with E-state index in [1.54, 1.807) is 0 Å². The molecule has 0 bridgehead atoms. The lowest BCUT2D eigenvalue weighted by Gasteiger charge is -2.19. The fourth-order valence-corrected chi connectivity index (χ4v) is 2.93. The summed E-state index contributed by atoms with van der Waals surface area (Å²) < 4.78 is 0. The summed E-state index contributed by atoms with van der Waals surface area (Å²) in [6.45, 7) is 12.1. The van der Waals surface area contributed by atoms with Crippen molar-refractivity contribution in [2.45, 2.75) is 71.8 Å². The van der Waals surface area contributed by atoms with E-state index >= 15 is 0 Å². The van der Waals surface area contributed by atoms with Gasteiger partial charge in [0.25, 0.3) is 0 Å². The summed E-state index contributed by atoms with van der Waals surface area (Å²) in [6.07, 6.45) is 7.97. The normalized spacial score (nSPS) is 17.0. The lowest BCUT2D eigenvalue weighted by molar-refractivity contribution is -0.121. The van der Waals surface area contributed by atoms with Crippen molar-refractivity contribution in [3.8, 4) is 0 Å². The Kier molecular flexibility index (Phi) is 16.2. The van der Waals surface area contributed by atoms with E-state index < -0.39 is 0 Å².